The summed E-state index contributed by atoms with van der Waals surface area (Å²) in [5.41, 5.74) is -2.10. The van der Waals surface area contributed by atoms with Crippen molar-refractivity contribution >= 4 is 27.5 Å². The monoisotopic (exact) mass is 379 g/mol. The SMILES string of the molecule is [C-]#[N+]c1nnc(NC(=O)[C@@](C)(O)CS(=O)(=O)c2ccc(F)cc2)nc1C. The molecule has 0 saturated heterocycles. The molecule has 0 aliphatic heterocycles. The number of nitrogens with one attached hydrogen (secondary N) is 1. The van der Waals surface area contributed by atoms with Crippen LogP contribution >= 0.6 is 0 Å². The topological polar surface area (TPSA) is 126 Å². The van der Waals surface area contributed by atoms with E-state index in [0.29, 0.717) is 0 Å². The van der Waals surface area contributed by atoms with E-state index in [9.17, 15) is 22.7 Å². The lowest BCUT2D eigenvalue weighted by Crippen LogP contribution is -2.46. The average molecular weight is 379 g/mol. The van der Waals surface area contributed by atoms with Crippen LogP contribution in [-0.4, -0.2) is 46.0 Å². The minimum absolute atomic E-state index is 0.0475. The lowest BCUT2D eigenvalue weighted by atomic mass is 10.1. The first-order chi connectivity index (χ1) is 12.0. The second-order valence-corrected chi connectivity index (χ2v) is 7.59. The predicted molar refractivity (Wildman–Crippen MR) is 88.5 cm³/mol. The molecule has 2 aromatic rings. The highest BCUT2D eigenvalue weighted by Crippen LogP contribution is 2.19. The number of aryl methyl sites for hydroxylation is 1. The summed E-state index contributed by atoms with van der Waals surface area (Å²) in [5, 5.41) is 19.5. The number of amides is 1. The molecule has 136 valence electrons. The van der Waals surface area contributed by atoms with Gasteiger partial charge in [-0.25, -0.2) is 17.8 Å². The van der Waals surface area contributed by atoms with Gasteiger partial charge in [0.25, 0.3) is 11.9 Å². The number of halogens is 1. The van der Waals surface area contributed by atoms with Crippen LogP contribution in [0.2, 0.25) is 0 Å². The van der Waals surface area contributed by atoms with E-state index in [4.69, 9.17) is 6.57 Å². The molecular weight excluding hydrogens is 365 g/mol. The Kier molecular flexibility index (Phi) is 5.29. The number of aliphatic hydroxyl groups is 1. The van der Waals surface area contributed by atoms with E-state index >= 15 is 0 Å². The Balaban J connectivity index is 2.18. The third-order valence-electron chi connectivity index (χ3n) is 3.30. The van der Waals surface area contributed by atoms with Crippen LogP contribution in [0, 0.1) is 19.3 Å². The van der Waals surface area contributed by atoms with Gasteiger partial charge in [0.05, 0.1) is 16.3 Å². The summed E-state index contributed by atoms with van der Waals surface area (Å²) in [6.45, 7) is 9.35. The van der Waals surface area contributed by atoms with E-state index in [2.05, 4.69) is 25.3 Å². The first-order valence-electron chi connectivity index (χ1n) is 7.16. The van der Waals surface area contributed by atoms with E-state index in [1.54, 1.807) is 0 Å². The van der Waals surface area contributed by atoms with Gasteiger partial charge in [0.1, 0.15) is 5.82 Å². The fourth-order valence-corrected chi connectivity index (χ4v) is 3.54. The van der Waals surface area contributed by atoms with Gasteiger partial charge in [-0.05, 0) is 43.2 Å². The molecule has 0 radical (unpaired) electrons. The molecule has 9 nitrogen and oxygen atoms in total. The van der Waals surface area contributed by atoms with E-state index in [-0.39, 0.29) is 22.4 Å². The van der Waals surface area contributed by atoms with Crippen molar-refractivity contribution < 1.29 is 22.7 Å². The molecule has 11 heteroatoms. The van der Waals surface area contributed by atoms with E-state index in [0.717, 1.165) is 31.2 Å². The third kappa shape index (κ3) is 4.35. The number of anilines is 1. The van der Waals surface area contributed by atoms with Crippen LogP contribution in [0.5, 0.6) is 0 Å². The number of benzene rings is 1. The van der Waals surface area contributed by atoms with Crippen molar-refractivity contribution in [1.82, 2.24) is 15.2 Å². The first kappa shape index (κ1) is 19.4. The Bertz CT molecular complexity index is 984. The molecule has 0 spiro atoms. The molecule has 1 atom stereocenters. The van der Waals surface area contributed by atoms with Gasteiger partial charge in [-0.3, -0.25) is 10.1 Å². The number of sulfone groups is 1. The van der Waals surface area contributed by atoms with Crippen LogP contribution in [-0.2, 0) is 14.6 Å². The second kappa shape index (κ2) is 7.11. The summed E-state index contributed by atoms with van der Waals surface area (Å²) >= 11 is 0. The second-order valence-electron chi connectivity index (χ2n) is 5.60. The summed E-state index contributed by atoms with van der Waals surface area (Å²) in [4.78, 5) is 18.9. The molecule has 1 amide bonds. The van der Waals surface area contributed by atoms with Gasteiger partial charge in [-0.2, -0.15) is 0 Å². The number of aromatic nitrogens is 3. The lowest BCUT2D eigenvalue weighted by Gasteiger charge is -2.21. The summed E-state index contributed by atoms with van der Waals surface area (Å²) < 4.78 is 37.6. The van der Waals surface area contributed by atoms with Gasteiger partial charge in [-0.15, -0.1) is 0 Å². The Morgan fingerprint density at radius 1 is 1.35 bits per heavy atom. The molecule has 1 heterocycles. The molecule has 0 aliphatic rings. The molecule has 1 aromatic carbocycles. The zero-order chi connectivity index (χ0) is 19.5. The average Bonchev–Trinajstić information content (AvgIpc) is 2.54. The standard InChI is InChI=1S/C15H14FN5O4S/c1-9-12(17-3)20-21-14(18-9)19-13(22)15(2,23)8-26(24,25)11-6-4-10(16)5-7-11/h4-7,23H,8H2,1-2H3,(H,18,19,21,22)/t15-/m0/s1. The van der Waals surface area contributed by atoms with Crippen LogP contribution in [0.15, 0.2) is 29.2 Å². The maximum absolute atomic E-state index is 12.9. The Morgan fingerprint density at radius 2 is 1.96 bits per heavy atom. The van der Waals surface area contributed by atoms with Gasteiger partial charge in [0.2, 0.25) is 0 Å². The number of hydrogen-bond donors (Lipinski definition) is 2. The smallest absolute Gasteiger partial charge is 0.317 e. The maximum atomic E-state index is 12.9. The molecule has 0 fully saturated rings. The van der Waals surface area contributed by atoms with Crippen LogP contribution in [0.25, 0.3) is 4.85 Å². The fourth-order valence-electron chi connectivity index (χ4n) is 1.95. The molecule has 1 aromatic heterocycles. The van der Waals surface area contributed by atoms with E-state index in [1.807, 2.05) is 0 Å². The molecule has 0 aliphatic carbocycles. The van der Waals surface area contributed by atoms with Crippen molar-refractivity contribution in [3.05, 3.63) is 47.2 Å². The van der Waals surface area contributed by atoms with Crippen LogP contribution in [0.3, 0.4) is 0 Å². The summed E-state index contributed by atoms with van der Waals surface area (Å²) in [6.07, 6.45) is 0. The van der Waals surface area contributed by atoms with Crippen molar-refractivity contribution in [2.45, 2.75) is 24.3 Å². The van der Waals surface area contributed by atoms with Crippen molar-refractivity contribution in [1.29, 1.82) is 0 Å². The molecule has 2 N–H and O–H groups in total. The highest BCUT2D eigenvalue weighted by atomic mass is 32.2. The van der Waals surface area contributed by atoms with Crippen molar-refractivity contribution in [3.8, 4) is 0 Å². The Labute approximate surface area is 148 Å². The zero-order valence-corrected chi connectivity index (χ0v) is 14.6. The normalized spacial score (nSPS) is 13.5. The van der Waals surface area contributed by atoms with Crippen LogP contribution in [0.1, 0.15) is 12.6 Å². The first-order valence-corrected chi connectivity index (χ1v) is 8.81. The molecular formula is C15H14FN5O4S. The van der Waals surface area contributed by atoms with Crippen molar-refractivity contribution in [3.63, 3.8) is 0 Å². The lowest BCUT2D eigenvalue weighted by molar-refractivity contribution is -0.130. The van der Waals surface area contributed by atoms with E-state index in [1.165, 1.54) is 6.92 Å². The number of carbonyl (C=O) groups excluding carboxylic acids is 1. The maximum Gasteiger partial charge on any atom is 0.317 e. The number of nitrogens with zero attached hydrogens (tertiary/aromatic N) is 4. The zero-order valence-electron chi connectivity index (χ0n) is 13.8. The van der Waals surface area contributed by atoms with Crippen LogP contribution < -0.4 is 5.32 Å². The summed E-state index contributed by atoms with van der Waals surface area (Å²) in [5.74, 6) is -2.95. The van der Waals surface area contributed by atoms with Gasteiger partial charge in [0, 0.05) is 5.10 Å². The fraction of sp³-hybridized carbons (Fsp3) is 0.267. The van der Waals surface area contributed by atoms with Crippen LogP contribution in [0.4, 0.5) is 16.2 Å². The Morgan fingerprint density at radius 3 is 2.50 bits per heavy atom. The number of rotatable bonds is 5. The number of hydrogen-bond acceptors (Lipinski definition) is 7. The van der Waals surface area contributed by atoms with E-state index < -0.39 is 32.9 Å². The number of carbonyl (C=O) groups is 1. The largest absolute Gasteiger partial charge is 0.379 e. The Hall–Kier alpha value is -2.97. The van der Waals surface area contributed by atoms with Gasteiger partial charge < -0.3 is 9.95 Å². The summed E-state index contributed by atoms with van der Waals surface area (Å²) in [6, 6.07) is 4.00. The molecule has 0 unspecified atom stereocenters. The van der Waals surface area contributed by atoms with Crippen molar-refractivity contribution in [2.24, 2.45) is 0 Å². The highest BCUT2D eigenvalue weighted by Gasteiger charge is 2.37. The minimum Gasteiger partial charge on any atom is -0.379 e. The molecule has 2 rings (SSSR count). The van der Waals surface area contributed by atoms with Gasteiger partial charge in [0.15, 0.2) is 15.4 Å². The van der Waals surface area contributed by atoms with Gasteiger partial charge >= 0.3 is 5.82 Å². The van der Waals surface area contributed by atoms with Gasteiger partial charge in [-0.1, -0.05) is 6.57 Å². The third-order valence-corrected chi connectivity index (χ3v) is 5.23. The minimum atomic E-state index is -4.06. The van der Waals surface area contributed by atoms with Crippen molar-refractivity contribution in [2.75, 3.05) is 11.1 Å². The molecule has 0 saturated carbocycles. The molecule has 26 heavy (non-hydrogen) atoms. The quantitative estimate of drug-likeness (QED) is 0.587. The molecule has 0 bridgehead atoms. The highest BCUT2D eigenvalue weighted by molar-refractivity contribution is 7.91. The predicted octanol–water partition coefficient (Wildman–Crippen LogP) is 1.03. The summed E-state index contributed by atoms with van der Waals surface area (Å²) in [7, 11) is -4.06.